The molecular formula is C11H14Br2N2. The number of hydrogen-bond donors (Lipinski definition) is 1. The molecule has 15 heavy (non-hydrogen) atoms. The Morgan fingerprint density at radius 2 is 2.27 bits per heavy atom. The van der Waals surface area contributed by atoms with E-state index in [9.17, 15) is 0 Å². The highest BCUT2D eigenvalue weighted by Crippen LogP contribution is 2.32. The van der Waals surface area contributed by atoms with Crippen LogP contribution in [0.4, 0.5) is 0 Å². The lowest BCUT2D eigenvalue weighted by molar-refractivity contribution is 0.491. The van der Waals surface area contributed by atoms with E-state index in [0.29, 0.717) is 6.04 Å². The van der Waals surface area contributed by atoms with E-state index < -0.39 is 0 Å². The van der Waals surface area contributed by atoms with Gasteiger partial charge in [-0.3, -0.25) is 4.98 Å². The summed E-state index contributed by atoms with van der Waals surface area (Å²) < 4.78 is 2.07. The highest BCUT2D eigenvalue weighted by Gasteiger charge is 2.27. The fraction of sp³-hybridized carbons (Fsp3) is 0.545. The molecule has 1 unspecified atom stereocenters. The lowest BCUT2D eigenvalue weighted by Crippen LogP contribution is -2.27. The van der Waals surface area contributed by atoms with Crippen molar-refractivity contribution in [3.8, 4) is 0 Å². The Balaban J connectivity index is 1.92. The minimum Gasteiger partial charge on any atom is -0.308 e. The molecule has 1 aromatic heterocycles. The molecule has 0 saturated heterocycles. The number of hydrogen-bond acceptors (Lipinski definition) is 2. The van der Waals surface area contributed by atoms with Gasteiger partial charge in [0.05, 0.1) is 5.69 Å². The van der Waals surface area contributed by atoms with Crippen molar-refractivity contribution in [1.29, 1.82) is 0 Å². The highest BCUT2D eigenvalue weighted by atomic mass is 79.9. The maximum absolute atomic E-state index is 4.37. The van der Waals surface area contributed by atoms with Gasteiger partial charge in [-0.25, -0.2) is 0 Å². The van der Waals surface area contributed by atoms with E-state index >= 15 is 0 Å². The van der Waals surface area contributed by atoms with Crippen LogP contribution in [0.15, 0.2) is 21.2 Å². The zero-order chi connectivity index (χ0) is 10.8. The van der Waals surface area contributed by atoms with Crippen LogP contribution in [0.5, 0.6) is 0 Å². The number of aromatic nitrogens is 1. The van der Waals surface area contributed by atoms with Crippen molar-refractivity contribution < 1.29 is 0 Å². The summed E-state index contributed by atoms with van der Waals surface area (Å²) in [7, 11) is 0. The Morgan fingerprint density at radius 1 is 1.53 bits per heavy atom. The third kappa shape index (κ3) is 3.26. The summed E-state index contributed by atoms with van der Waals surface area (Å²) in [5.41, 5.74) is 1.07. The first-order valence-electron chi connectivity index (χ1n) is 5.20. The molecular weight excluding hydrogens is 320 g/mol. The molecule has 4 heteroatoms. The predicted molar refractivity (Wildman–Crippen MR) is 68.7 cm³/mol. The molecule has 0 radical (unpaired) electrons. The average Bonchev–Trinajstić information content (AvgIpc) is 2.99. The van der Waals surface area contributed by atoms with Crippen LogP contribution in [0.25, 0.3) is 0 Å². The Kier molecular flexibility index (Phi) is 3.80. The maximum atomic E-state index is 4.37. The predicted octanol–water partition coefficient (Wildman–Crippen LogP) is 3.49. The van der Waals surface area contributed by atoms with Crippen LogP contribution in [-0.4, -0.2) is 11.0 Å². The molecule has 1 N–H and O–H groups in total. The summed E-state index contributed by atoms with van der Waals surface area (Å²) in [6, 6.07) is 2.65. The Bertz CT molecular complexity index is 350. The van der Waals surface area contributed by atoms with Gasteiger partial charge in [-0.2, -0.15) is 0 Å². The van der Waals surface area contributed by atoms with Gasteiger partial charge in [0.25, 0.3) is 0 Å². The first-order chi connectivity index (χ1) is 7.16. The highest BCUT2D eigenvalue weighted by molar-refractivity contribution is 9.11. The lowest BCUT2D eigenvalue weighted by Gasteiger charge is -2.12. The molecule has 2 nitrogen and oxygen atoms in total. The summed E-state index contributed by atoms with van der Waals surface area (Å²) in [4.78, 5) is 4.37. The van der Waals surface area contributed by atoms with E-state index in [4.69, 9.17) is 0 Å². The van der Waals surface area contributed by atoms with Crippen LogP contribution in [-0.2, 0) is 6.54 Å². The fourth-order valence-corrected chi connectivity index (χ4v) is 2.72. The molecule has 0 aliphatic heterocycles. The summed E-state index contributed by atoms with van der Waals surface area (Å²) >= 11 is 6.91. The smallest absolute Gasteiger partial charge is 0.0684 e. The van der Waals surface area contributed by atoms with Crippen molar-refractivity contribution in [1.82, 2.24) is 10.3 Å². The van der Waals surface area contributed by atoms with Gasteiger partial charge in [0.1, 0.15) is 0 Å². The molecule has 1 fully saturated rings. The van der Waals surface area contributed by atoms with Crippen molar-refractivity contribution in [3.05, 3.63) is 26.9 Å². The van der Waals surface area contributed by atoms with E-state index in [-0.39, 0.29) is 0 Å². The normalized spacial score (nSPS) is 17.8. The van der Waals surface area contributed by atoms with Crippen molar-refractivity contribution in [2.75, 3.05) is 0 Å². The minimum absolute atomic E-state index is 0.613. The Morgan fingerprint density at radius 3 is 2.87 bits per heavy atom. The summed E-state index contributed by atoms with van der Waals surface area (Å²) in [6.45, 7) is 3.09. The number of nitrogens with one attached hydrogen (secondary N) is 1. The van der Waals surface area contributed by atoms with E-state index in [1.807, 2.05) is 12.3 Å². The van der Waals surface area contributed by atoms with Crippen LogP contribution < -0.4 is 5.32 Å². The summed E-state index contributed by atoms with van der Waals surface area (Å²) in [5.74, 6) is 0.888. The number of nitrogens with zero attached hydrogens (tertiary/aromatic N) is 1. The zero-order valence-electron chi connectivity index (χ0n) is 8.63. The zero-order valence-corrected chi connectivity index (χ0v) is 11.8. The van der Waals surface area contributed by atoms with Gasteiger partial charge in [0, 0.05) is 27.7 Å². The topological polar surface area (TPSA) is 24.9 Å². The van der Waals surface area contributed by atoms with Gasteiger partial charge in [-0.1, -0.05) is 0 Å². The van der Waals surface area contributed by atoms with Crippen LogP contribution in [0.2, 0.25) is 0 Å². The minimum atomic E-state index is 0.613. The number of rotatable bonds is 4. The van der Waals surface area contributed by atoms with E-state index in [0.717, 1.165) is 27.1 Å². The number of pyridine rings is 1. The second-order valence-electron chi connectivity index (χ2n) is 4.09. The maximum Gasteiger partial charge on any atom is 0.0684 e. The van der Waals surface area contributed by atoms with Gasteiger partial charge in [-0.05, 0) is 63.6 Å². The van der Waals surface area contributed by atoms with Crippen LogP contribution in [0.1, 0.15) is 25.5 Å². The second kappa shape index (κ2) is 4.93. The molecule has 0 aromatic carbocycles. The van der Waals surface area contributed by atoms with Gasteiger partial charge in [0.2, 0.25) is 0 Å². The Labute approximate surface area is 107 Å². The molecule has 0 spiro atoms. The lowest BCUT2D eigenvalue weighted by atomic mass is 10.2. The molecule has 0 amide bonds. The molecule has 1 saturated carbocycles. The first-order valence-corrected chi connectivity index (χ1v) is 6.78. The number of halogens is 2. The van der Waals surface area contributed by atoms with Crippen LogP contribution >= 0.6 is 31.9 Å². The molecule has 0 bridgehead atoms. The standard InChI is InChI=1S/C11H14Br2N2/c1-7(8-2-3-8)14-6-11-10(13)4-9(12)5-15-11/h4-5,7-8,14H,2-3,6H2,1H3. The van der Waals surface area contributed by atoms with Crippen LogP contribution in [0, 0.1) is 5.92 Å². The largest absolute Gasteiger partial charge is 0.308 e. The monoisotopic (exact) mass is 332 g/mol. The van der Waals surface area contributed by atoms with Crippen molar-refractivity contribution in [2.24, 2.45) is 5.92 Å². The quantitative estimate of drug-likeness (QED) is 0.912. The SMILES string of the molecule is CC(NCc1ncc(Br)cc1Br)C1CC1. The molecule has 82 valence electrons. The van der Waals surface area contributed by atoms with Crippen molar-refractivity contribution in [3.63, 3.8) is 0 Å². The molecule has 1 heterocycles. The van der Waals surface area contributed by atoms with Gasteiger partial charge >= 0.3 is 0 Å². The second-order valence-corrected chi connectivity index (χ2v) is 5.86. The van der Waals surface area contributed by atoms with E-state index in [2.05, 4.69) is 49.1 Å². The van der Waals surface area contributed by atoms with Gasteiger partial charge in [0.15, 0.2) is 0 Å². The molecule has 2 rings (SSSR count). The summed E-state index contributed by atoms with van der Waals surface area (Å²) in [5, 5.41) is 3.51. The molecule has 1 atom stereocenters. The Hall–Kier alpha value is 0.0700. The molecule has 1 aliphatic rings. The molecule has 1 aliphatic carbocycles. The summed E-state index contributed by atoms with van der Waals surface area (Å²) in [6.07, 6.45) is 4.59. The van der Waals surface area contributed by atoms with Crippen molar-refractivity contribution >= 4 is 31.9 Å². The average molecular weight is 334 g/mol. The van der Waals surface area contributed by atoms with Crippen molar-refractivity contribution in [2.45, 2.75) is 32.4 Å². The fourth-order valence-electron chi connectivity index (χ4n) is 1.59. The molecule has 1 aromatic rings. The first kappa shape index (κ1) is 11.6. The third-order valence-electron chi connectivity index (χ3n) is 2.80. The van der Waals surface area contributed by atoms with Gasteiger partial charge < -0.3 is 5.32 Å². The van der Waals surface area contributed by atoms with Crippen LogP contribution in [0.3, 0.4) is 0 Å². The van der Waals surface area contributed by atoms with E-state index in [1.165, 1.54) is 12.8 Å². The van der Waals surface area contributed by atoms with E-state index in [1.54, 1.807) is 0 Å². The van der Waals surface area contributed by atoms with Gasteiger partial charge in [-0.15, -0.1) is 0 Å². The third-order valence-corrected chi connectivity index (χ3v) is 3.92.